The summed E-state index contributed by atoms with van der Waals surface area (Å²) in [7, 11) is 4.06. The van der Waals surface area contributed by atoms with Gasteiger partial charge in [0.2, 0.25) is 0 Å². The summed E-state index contributed by atoms with van der Waals surface area (Å²) < 4.78 is 10.1. The molecule has 1 N–H and O–H groups in total. The van der Waals surface area contributed by atoms with Crippen molar-refractivity contribution in [3.8, 4) is 16.9 Å². The van der Waals surface area contributed by atoms with Crippen molar-refractivity contribution in [2.24, 2.45) is 7.05 Å². The Morgan fingerprint density at radius 1 is 1.00 bits per heavy atom. The van der Waals surface area contributed by atoms with E-state index in [-0.39, 0.29) is 0 Å². The number of carboxylic acids is 1. The highest BCUT2D eigenvalue weighted by Crippen LogP contribution is 2.43. The SMILES string of the molecule is Cc1c2c(nn1C)CN(C)CCCCn1c(C(=O)O)c(CCCOc3cccc4ccccc34)c3ccc(Cl)c-2c31. The molecule has 0 radical (unpaired) electrons. The van der Waals surface area contributed by atoms with Crippen LogP contribution in [0.5, 0.6) is 5.75 Å². The molecule has 0 atom stereocenters. The Bertz CT molecular complexity index is 1760. The molecule has 0 saturated carbocycles. The van der Waals surface area contributed by atoms with Crippen LogP contribution in [0.3, 0.4) is 0 Å². The topological polar surface area (TPSA) is 72.5 Å². The Labute approximate surface area is 244 Å². The second-order valence-corrected chi connectivity index (χ2v) is 11.4. The van der Waals surface area contributed by atoms with E-state index >= 15 is 0 Å². The fraction of sp³-hybridized carbons (Fsp3) is 0.333. The van der Waals surface area contributed by atoms with Crippen LogP contribution in [0.25, 0.3) is 32.8 Å². The maximum absolute atomic E-state index is 12.9. The summed E-state index contributed by atoms with van der Waals surface area (Å²) in [6.45, 7) is 4.76. The van der Waals surface area contributed by atoms with Crippen molar-refractivity contribution in [1.82, 2.24) is 19.2 Å². The normalized spacial score (nSPS) is 14.2. The van der Waals surface area contributed by atoms with Gasteiger partial charge in [-0.25, -0.2) is 4.79 Å². The summed E-state index contributed by atoms with van der Waals surface area (Å²) in [4.78, 5) is 15.1. The molecule has 8 heteroatoms. The molecule has 0 unspecified atom stereocenters. The van der Waals surface area contributed by atoms with Crippen molar-refractivity contribution < 1.29 is 14.6 Å². The number of nitrogens with zero attached hydrogens (tertiary/aromatic N) is 4. The lowest BCUT2D eigenvalue weighted by Gasteiger charge is -2.16. The van der Waals surface area contributed by atoms with Gasteiger partial charge in [-0.15, -0.1) is 0 Å². The second-order valence-electron chi connectivity index (χ2n) is 11.0. The van der Waals surface area contributed by atoms with Crippen LogP contribution in [0, 0.1) is 6.92 Å². The van der Waals surface area contributed by atoms with Crippen LogP contribution < -0.4 is 4.74 Å². The number of ether oxygens (including phenoxy) is 1. The van der Waals surface area contributed by atoms with E-state index in [4.69, 9.17) is 21.4 Å². The Morgan fingerprint density at radius 3 is 2.61 bits per heavy atom. The van der Waals surface area contributed by atoms with Gasteiger partial charge in [-0.1, -0.05) is 54.1 Å². The Hall–Kier alpha value is -3.81. The molecule has 7 nitrogen and oxygen atoms in total. The van der Waals surface area contributed by atoms with Gasteiger partial charge in [0.15, 0.2) is 0 Å². The molecule has 0 spiro atoms. The van der Waals surface area contributed by atoms with E-state index in [0.29, 0.717) is 43.3 Å². The number of fused-ring (bicyclic) bond motifs is 3. The Morgan fingerprint density at radius 2 is 1.78 bits per heavy atom. The van der Waals surface area contributed by atoms with Crippen molar-refractivity contribution in [3.63, 3.8) is 0 Å². The number of aryl methyl sites for hydroxylation is 3. The molecule has 0 saturated heterocycles. The third-order valence-electron chi connectivity index (χ3n) is 8.31. The summed E-state index contributed by atoms with van der Waals surface area (Å²) in [5, 5.41) is 19.2. The van der Waals surface area contributed by atoms with Crippen molar-refractivity contribution in [2.75, 3.05) is 20.2 Å². The van der Waals surface area contributed by atoms with Gasteiger partial charge in [0.1, 0.15) is 11.4 Å². The molecule has 41 heavy (non-hydrogen) atoms. The smallest absolute Gasteiger partial charge is 0.352 e. The highest BCUT2D eigenvalue weighted by molar-refractivity contribution is 6.35. The zero-order valence-corrected chi connectivity index (χ0v) is 24.5. The fourth-order valence-electron chi connectivity index (χ4n) is 6.30. The summed E-state index contributed by atoms with van der Waals surface area (Å²) in [5.41, 5.74) is 5.92. The first-order valence-electron chi connectivity index (χ1n) is 14.2. The quantitative estimate of drug-likeness (QED) is 0.221. The molecule has 0 fully saturated rings. The number of rotatable bonds is 6. The molecule has 0 bridgehead atoms. The minimum Gasteiger partial charge on any atom is -0.493 e. The molecule has 2 aromatic heterocycles. The lowest BCUT2D eigenvalue weighted by Crippen LogP contribution is -2.20. The summed E-state index contributed by atoms with van der Waals surface area (Å²) >= 11 is 6.97. The number of hydrogen-bond donors (Lipinski definition) is 1. The van der Waals surface area contributed by atoms with Crippen LogP contribution in [0.2, 0.25) is 5.02 Å². The van der Waals surface area contributed by atoms with Crippen LogP contribution in [-0.2, 0) is 26.6 Å². The fourth-order valence-corrected chi connectivity index (χ4v) is 6.55. The highest BCUT2D eigenvalue weighted by atomic mass is 35.5. The van der Waals surface area contributed by atoms with Crippen LogP contribution in [-0.4, -0.2) is 50.5 Å². The molecule has 0 aliphatic carbocycles. The molecule has 5 aromatic rings. The molecule has 212 valence electrons. The van der Waals surface area contributed by atoms with E-state index in [1.54, 1.807) is 0 Å². The predicted molar refractivity (Wildman–Crippen MR) is 164 cm³/mol. The van der Waals surface area contributed by atoms with Gasteiger partial charge < -0.3 is 19.3 Å². The molecular weight excluding hydrogens is 536 g/mol. The van der Waals surface area contributed by atoms with E-state index in [0.717, 1.165) is 74.9 Å². The molecule has 0 amide bonds. The van der Waals surface area contributed by atoms with Gasteiger partial charge in [-0.05, 0) is 69.3 Å². The number of carbonyl (C=O) groups is 1. The number of aromatic carboxylic acids is 1. The largest absolute Gasteiger partial charge is 0.493 e. The Kier molecular flexibility index (Phi) is 7.49. The maximum atomic E-state index is 12.9. The monoisotopic (exact) mass is 570 g/mol. The lowest BCUT2D eigenvalue weighted by atomic mass is 9.98. The van der Waals surface area contributed by atoms with Crippen molar-refractivity contribution in [2.45, 2.75) is 45.7 Å². The maximum Gasteiger partial charge on any atom is 0.352 e. The van der Waals surface area contributed by atoms with Gasteiger partial charge in [-0.2, -0.15) is 5.10 Å². The minimum absolute atomic E-state index is 0.351. The van der Waals surface area contributed by atoms with Crippen LogP contribution in [0.15, 0.2) is 54.6 Å². The third-order valence-corrected chi connectivity index (χ3v) is 8.62. The lowest BCUT2D eigenvalue weighted by molar-refractivity contribution is 0.0684. The minimum atomic E-state index is -0.914. The molecule has 1 aliphatic rings. The van der Waals surface area contributed by atoms with Crippen LogP contribution >= 0.6 is 11.6 Å². The first kappa shape index (κ1) is 27.4. The molecule has 6 rings (SSSR count). The predicted octanol–water partition coefficient (Wildman–Crippen LogP) is 7.09. The van der Waals surface area contributed by atoms with Gasteiger partial charge in [0.05, 0.1) is 22.8 Å². The Balaban J connectivity index is 1.43. The molecular formula is C33H35ClN4O3. The van der Waals surface area contributed by atoms with Crippen molar-refractivity contribution >= 4 is 39.2 Å². The average Bonchev–Trinajstić information content (AvgIpc) is 3.40. The number of benzene rings is 3. The highest BCUT2D eigenvalue weighted by Gasteiger charge is 2.29. The zero-order valence-electron chi connectivity index (χ0n) is 23.8. The first-order valence-corrected chi connectivity index (χ1v) is 14.6. The van der Waals surface area contributed by atoms with Crippen LogP contribution in [0.4, 0.5) is 0 Å². The van der Waals surface area contributed by atoms with E-state index in [2.05, 4.69) is 37.1 Å². The number of aromatic nitrogens is 3. The number of hydrogen-bond acceptors (Lipinski definition) is 4. The van der Waals surface area contributed by atoms with Crippen molar-refractivity contribution in [3.05, 3.63) is 82.3 Å². The number of halogens is 1. The summed E-state index contributed by atoms with van der Waals surface area (Å²) in [6, 6.07) is 18.1. The third kappa shape index (κ3) is 4.98. The van der Waals surface area contributed by atoms with Crippen LogP contribution in [0.1, 0.15) is 46.7 Å². The molecule has 3 heterocycles. The zero-order chi connectivity index (χ0) is 28.7. The van der Waals surface area contributed by atoms with Gasteiger partial charge in [-0.3, -0.25) is 4.68 Å². The number of carboxylic acid groups (broad SMARTS) is 1. The standard InChI is InChI=1S/C33H35ClN4O3/c1-21-29-27(35-37(21)3)20-36(2)17-6-7-18-38-31-25(15-16-26(34)30(29)31)24(32(38)33(39)40)13-9-19-41-28-14-8-11-22-10-4-5-12-23(22)28/h4-5,8,10-12,14-16H,6-7,9,13,17-20H2,1-3H3,(H,39,40). The van der Waals surface area contributed by atoms with E-state index in [1.807, 2.05) is 52.7 Å². The van der Waals surface area contributed by atoms with Gasteiger partial charge >= 0.3 is 5.97 Å². The van der Waals surface area contributed by atoms with Gasteiger partial charge in [0, 0.05) is 47.7 Å². The summed E-state index contributed by atoms with van der Waals surface area (Å²) in [5.74, 6) is -0.0690. The molecule has 3 aromatic carbocycles. The molecule has 1 aliphatic heterocycles. The van der Waals surface area contributed by atoms with Crippen molar-refractivity contribution in [1.29, 1.82) is 0 Å². The van der Waals surface area contributed by atoms with E-state index in [1.165, 1.54) is 0 Å². The average molecular weight is 571 g/mol. The summed E-state index contributed by atoms with van der Waals surface area (Å²) in [6.07, 6.45) is 3.09. The second kappa shape index (κ2) is 11.2. The van der Waals surface area contributed by atoms with E-state index in [9.17, 15) is 9.90 Å². The van der Waals surface area contributed by atoms with Gasteiger partial charge in [0.25, 0.3) is 0 Å². The van der Waals surface area contributed by atoms with E-state index < -0.39 is 5.97 Å². The first-order chi connectivity index (χ1) is 19.8.